The Morgan fingerprint density at radius 2 is 1.94 bits per heavy atom. The van der Waals surface area contributed by atoms with E-state index in [1.54, 1.807) is 0 Å². The van der Waals surface area contributed by atoms with Crippen molar-refractivity contribution in [3.8, 4) is 0 Å². The van der Waals surface area contributed by atoms with Gasteiger partial charge < -0.3 is 10.2 Å². The lowest BCUT2D eigenvalue weighted by Gasteiger charge is -2.33. The molecule has 0 aliphatic carbocycles. The summed E-state index contributed by atoms with van der Waals surface area (Å²) in [7, 11) is 0. The van der Waals surface area contributed by atoms with Crippen LogP contribution in [0.2, 0.25) is 0 Å². The van der Waals surface area contributed by atoms with E-state index in [1.807, 2.05) is 0 Å². The molecule has 0 amide bonds. The lowest BCUT2D eigenvalue weighted by Crippen LogP contribution is -2.38. The molecule has 1 heterocycles. The zero-order valence-corrected chi connectivity index (χ0v) is 11.5. The van der Waals surface area contributed by atoms with Gasteiger partial charge in [0.25, 0.3) is 0 Å². The highest BCUT2D eigenvalue weighted by molar-refractivity contribution is 4.73. The molecule has 0 aromatic heterocycles. The van der Waals surface area contributed by atoms with E-state index in [9.17, 15) is 0 Å². The van der Waals surface area contributed by atoms with E-state index in [-0.39, 0.29) is 0 Å². The van der Waals surface area contributed by atoms with Crippen LogP contribution in [-0.4, -0.2) is 37.6 Å². The number of nitrogens with zero attached hydrogens (tertiary/aromatic N) is 1. The van der Waals surface area contributed by atoms with Gasteiger partial charge in [0.1, 0.15) is 0 Å². The molecule has 1 N–H and O–H groups in total. The lowest BCUT2D eigenvalue weighted by molar-refractivity contribution is 0.161. The molecule has 1 atom stereocenters. The number of piperidine rings is 1. The summed E-state index contributed by atoms with van der Waals surface area (Å²) in [5.74, 6) is 1.80. The first-order valence-electron chi connectivity index (χ1n) is 7.19. The van der Waals surface area contributed by atoms with Gasteiger partial charge in [0, 0.05) is 6.54 Å². The number of hydrogen-bond donors (Lipinski definition) is 1. The summed E-state index contributed by atoms with van der Waals surface area (Å²) in [4.78, 5) is 2.66. The third kappa shape index (κ3) is 5.31. The molecule has 1 aliphatic heterocycles. The molecule has 1 saturated heterocycles. The van der Waals surface area contributed by atoms with Crippen LogP contribution in [0.1, 0.15) is 46.5 Å². The van der Waals surface area contributed by atoms with Crippen LogP contribution in [0.5, 0.6) is 0 Å². The molecule has 1 unspecified atom stereocenters. The molecule has 0 bridgehead atoms. The Morgan fingerprint density at radius 1 is 1.25 bits per heavy atom. The standard InChI is InChI=1S/C14H30N2/c1-4-8-15-11-13(3)12-16-9-6-14(5-2)7-10-16/h13-15H,4-12H2,1-3H3. The summed E-state index contributed by atoms with van der Waals surface area (Å²) in [5.41, 5.74) is 0. The van der Waals surface area contributed by atoms with Crippen LogP contribution >= 0.6 is 0 Å². The van der Waals surface area contributed by atoms with Crippen molar-refractivity contribution in [2.45, 2.75) is 46.5 Å². The second kappa shape index (κ2) is 8.08. The first kappa shape index (κ1) is 14.0. The van der Waals surface area contributed by atoms with Gasteiger partial charge in [-0.25, -0.2) is 0 Å². The van der Waals surface area contributed by atoms with E-state index in [0.29, 0.717) is 0 Å². The molecule has 1 fully saturated rings. The Balaban J connectivity index is 2.08. The van der Waals surface area contributed by atoms with Gasteiger partial charge in [-0.15, -0.1) is 0 Å². The molecule has 0 saturated carbocycles. The van der Waals surface area contributed by atoms with Crippen molar-refractivity contribution >= 4 is 0 Å². The van der Waals surface area contributed by atoms with E-state index >= 15 is 0 Å². The van der Waals surface area contributed by atoms with E-state index in [1.165, 1.54) is 58.4 Å². The van der Waals surface area contributed by atoms with Gasteiger partial charge in [0.15, 0.2) is 0 Å². The quantitative estimate of drug-likeness (QED) is 0.672. The van der Waals surface area contributed by atoms with Gasteiger partial charge in [-0.3, -0.25) is 0 Å². The predicted octanol–water partition coefficient (Wildman–Crippen LogP) is 2.74. The van der Waals surface area contributed by atoms with Crippen molar-refractivity contribution in [3.63, 3.8) is 0 Å². The number of hydrogen-bond acceptors (Lipinski definition) is 2. The fourth-order valence-corrected chi connectivity index (χ4v) is 2.61. The molecule has 1 rings (SSSR count). The Kier molecular flexibility index (Phi) is 7.06. The summed E-state index contributed by atoms with van der Waals surface area (Å²) in [6, 6.07) is 0. The summed E-state index contributed by atoms with van der Waals surface area (Å²) in [6.07, 6.45) is 5.47. The molecule has 2 nitrogen and oxygen atoms in total. The molecule has 16 heavy (non-hydrogen) atoms. The van der Waals surface area contributed by atoms with Crippen LogP contribution in [0, 0.1) is 11.8 Å². The fourth-order valence-electron chi connectivity index (χ4n) is 2.61. The Morgan fingerprint density at radius 3 is 2.50 bits per heavy atom. The number of likely N-dealkylation sites (tertiary alicyclic amines) is 1. The third-order valence-electron chi connectivity index (χ3n) is 3.77. The van der Waals surface area contributed by atoms with Gasteiger partial charge in [-0.2, -0.15) is 0 Å². The summed E-state index contributed by atoms with van der Waals surface area (Å²) in [5, 5.41) is 3.52. The Labute approximate surface area is 102 Å². The number of nitrogens with one attached hydrogen (secondary N) is 1. The first-order valence-corrected chi connectivity index (χ1v) is 7.19. The molecule has 0 spiro atoms. The summed E-state index contributed by atoms with van der Waals surface area (Å²) >= 11 is 0. The van der Waals surface area contributed by atoms with Crippen molar-refractivity contribution in [2.24, 2.45) is 11.8 Å². The molecule has 0 radical (unpaired) electrons. The highest BCUT2D eigenvalue weighted by Gasteiger charge is 2.18. The monoisotopic (exact) mass is 226 g/mol. The van der Waals surface area contributed by atoms with E-state index in [2.05, 4.69) is 31.0 Å². The van der Waals surface area contributed by atoms with E-state index in [4.69, 9.17) is 0 Å². The van der Waals surface area contributed by atoms with Crippen LogP contribution in [-0.2, 0) is 0 Å². The van der Waals surface area contributed by atoms with E-state index < -0.39 is 0 Å². The summed E-state index contributed by atoms with van der Waals surface area (Å²) < 4.78 is 0. The molecule has 1 aliphatic rings. The van der Waals surface area contributed by atoms with Crippen LogP contribution in [0.4, 0.5) is 0 Å². The maximum Gasteiger partial charge on any atom is 0.00191 e. The van der Waals surface area contributed by atoms with Crippen molar-refractivity contribution in [1.82, 2.24) is 10.2 Å². The van der Waals surface area contributed by atoms with E-state index in [0.717, 1.165) is 11.8 Å². The minimum absolute atomic E-state index is 0.796. The van der Waals surface area contributed by atoms with Gasteiger partial charge in [0.05, 0.1) is 0 Å². The Bertz CT molecular complexity index is 162. The van der Waals surface area contributed by atoms with Crippen LogP contribution in [0.3, 0.4) is 0 Å². The maximum absolute atomic E-state index is 3.52. The van der Waals surface area contributed by atoms with Crippen molar-refractivity contribution in [3.05, 3.63) is 0 Å². The van der Waals surface area contributed by atoms with Crippen LogP contribution in [0.15, 0.2) is 0 Å². The number of rotatable bonds is 7. The molecule has 0 aromatic carbocycles. The SMILES string of the molecule is CCCNCC(C)CN1CCC(CC)CC1. The summed E-state index contributed by atoms with van der Waals surface area (Å²) in [6.45, 7) is 13.2. The second-order valence-electron chi connectivity index (χ2n) is 5.46. The highest BCUT2D eigenvalue weighted by Crippen LogP contribution is 2.20. The average molecular weight is 226 g/mol. The minimum Gasteiger partial charge on any atom is -0.316 e. The molecular weight excluding hydrogens is 196 g/mol. The maximum atomic E-state index is 3.52. The second-order valence-corrected chi connectivity index (χ2v) is 5.46. The molecule has 96 valence electrons. The molecule has 2 heteroatoms. The fraction of sp³-hybridized carbons (Fsp3) is 1.00. The Hall–Kier alpha value is -0.0800. The largest absolute Gasteiger partial charge is 0.316 e. The zero-order valence-electron chi connectivity index (χ0n) is 11.5. The molecular formula is C14H30N2. The van der Waals surface area contributed by atoms with Gasteiger partial charge in [-0.05, 0) is 57.3 Å². The third-order valence-corrected chi connectivity index (χ3v) is 3.77. The van der Waals surface area contributed by atoms with Crippen LogP contribution in [0.25, 0.3) is 0 Å². The van der Waals surface area contributed by atoms with Crippen molar-refractivity contribution < 1.29 is 0 Å². The minimum atomic E-state index is 0.796. The predicted molar refractivity (Wildman–Crippen MR) is 71.8 cm³/mol. The van der Waals surface area contributed by atoms with Gasteiger partial charge >= 0.3 is 0 Å². The van der Waals surface area contributed by atoms with Gasteiger partial charge in [0.2, 0.25) is 0 Å². The average Bonchev–Trinajstić information content (AvgIpc) is 2.30. The molecule has 0 aromatic rings. The zero-order chi connectivity index (χ0) is 11.8. The highest BCUT2D eigenvalue weighted by atomic mass is 15.1. The topological polar surface area (TPSA) is 15.3 Å². The van der Waals surface area contributed by atoms with Crippen molar-refractivity contribution in [1.29, 1.82) is 0 Å². The first-order chi connectivity index (χ1) is 7.76. The van der Waals surface area contributed by atoms with Crippen molar-refractivity contribution in [2.75, 3.05) is 32.7 Å². The normalized spacial score (nSPS) is 21.2. The smallest absolute Gasteiger partial charge is 0.00191 e. The van der Waals surface area contributed by atoms with Crippen LogP contribution < -0.4 is 5.32 Å². The van der Waals surface area contributed by atoms with Gasteiger partial charge in [-0.1, -0.05) is 27.2 Å². The lowest BCUT2D eigenvalue weighted by atomic mass is 9.94.